The second kappa shape index (κ2) is 11.5. The van der Waals surface area contributed by atoms with Gasteiger partial charge in [-0.25, -0.2) is 0 Å². The number of fused-ring (bicyclic) bond motifs is 1. The summed E-state index contributed by atoms with van der Waals surface area (Å²) in [5.41, 5.74) is 1.51. The first-order valence-corrected chi connectivity index (χ1v) is 13.0. The van der Waals surface area contributed by atoms with Crippen molar-refractivity contribution in [3.8, 4) is 0 Å². The molecule has 1 atom stereocenters. The molecule has 0 spiro atoms. The van der Waals surface area contributed by atoms with Gasteiger partial charge in [0.2, 0.25) is 5.43 Å². The highest BCUT2D eigenvalue weighted by molar-refractivity contribution is 9.10. The van der Waals surface area contributed by atoms with Crippen molar-refractivity contribution in [1.29, 1.82) is 0 Å². The molecule has 1 amide bonds. The van der Waals surface area contributed by atoms with Crippen LogP contribution < -0.4 is 10.7 Å². The molecule has 0 aliphatic rings. The molecule has 0 radical (unpaired) electrons. The summed E-state index contributed by atoms with van der Waals surface area (Å²) in [7, 11) is 1.81. The molecule has 35 heavy (non-hydrogen) atoms. The van der Waals surface area contributed by atoms with Crippen molar-refractivity contribution in [2.45, 2.75) is 25.7 Å². The van der Waals surface area contributed by atoms with E-state index in [0.717, 1.165) is 25.3 Å². The molecular formula is C26H24BrClN2O4S. The molecular weight excluding hydrogens is 552 g/mol. The van der Waals surface area contributed by atoms with Gasteiger partial charge in [-0.3, -0.25) is 9.59 Å². The number of carbonyl (C=O) groups is 1. The van der Waals surface area contributed by atoms with Crippen LogP contribution in [0, 0.1) is 0 Å². The highest BCUT2D eigenvalue weighted by Crippen LogP contribution is 2.25. The van der Waals surface area contributed by atoms with Crippen molar-refractivity contribution in [3.63, 3.8) is 0 Å². The van der Waals surface area contributed by atoms with E-state index < -0.39 is 12.0 Å². The number of aliphatic hydroxyl groups is 1. The van der Waals surface area contributed by atoms with Gasteiger partial charge in [0.25, 0.3) is 5.91 Å². The third-order valence-electron chi connectivity index (χ3n) is 5.52. The van der Waals surface area contributed by atoms with E-state index in [-0.39, 0.29) is 11.0 Å². The maximum atomic E-state index is 13.0. The fourth-order valence-electron chi connectivity index (χ4n) is 3.67. The second-order valence-corrected chi connectivity index (χ2v) is 10.6. The summed E-state index contributed by atoms with van der Waals surface area (Å²) in [6.07, 6.45) is 1.41. The highest BCUT2D eigenvalue weighted by Gasteiger charge is 2.17. The molecule has 2 N–H and O–H groups in total. The van der Waals surface area contributed by atoms with Crippen LogP contribution in [0.25, 0.3) is 10.2 Å². The average Bonchev–Trinajstić information content (AvgIpc) is 3.28. The van der Waals surface area contributed by atoms with Crippen LogP contribution >= 0.6 is 38.9 Å². The predicted molar refractivity (Wildman–Crippen MR) is 143 cm³/mol. The minimum absolute atomic E-state index is 0.0939. The summed E-state index contributed by atoms with van der Waals surface area (Å²) in [6, 6.07) is 16.5. The molecule has 0 fully saturated rings. The summed E-state index contributed by atoms with van der Waals surface area (Å²) < 4.78 is 8.47. The van der Waals surface area contributed by atoms with Gasteiger partial charge in [-0.15, -0.1) is 11.3 Å². The molecule has 2 heterocycles. The number of rotatable bonds is 9. The van der Waals surface area contributed by atoms with E-state index in [1.165, 1.54) is 11.3 Å². The zero-order chi connectivity index (χ0) is 24.9. The van der Waals surface area contributed by atoms with Gasteiger partial charge in [-0.1, -0.05) is 51.8 Å². The second-order valence-electron chi connectivity index (χ2n) is 8.14. The maximum Gasteiger partial charge on any atom is 0.257 e. The lowest BCUT2D eigenvalue weighted by atomic mass is 10.1. The fraction of sp³-hybridized carbons (Fsp3) is 0.231. The normalized spacial score (nSPS) is 12.1. The quantitative estimate of drug-likeness (QED) is 0.255. The first kappa shape index (κ1) is 25.6. The number of pyridine rings is 1. The Labute approximate surface area is 220 Å². The SMILES string of the molecule is Cn1cc(C(=O)NCc2ccc(Cl)cc2)c(=O)c2cc(COCCC(O)c3cccc(Br)c3)sc21. The minimum Gasteiger partial charge on any atom is -0.388 e. The fourth-order valence-corrected chi connectivity index (χ4v) is 5.24. The smallest absolute Gasteiger partial charge is 0.257 e. The van der Waals surface area contributed by atoms with E-state index in [4.69, 9.17) is 16.3 Å². The van der Waals surface area contributed by atoms with Crippen LogP contribution in [-0.4, -0.2) is 22.2 Å². The number of halogens is 2. The van der Waals surface area contributed by atoms with Crippen molar-refractivity contribution in [2.75, 3.05) is 6.61 Å². The number of aliphatic hydroxyl groups excluding tert-OH is 1. The number of amides is 1. The lowest BCUT2D eigenvalue weighted by Crippen LogP contribution is -2.29. The number of nitrogens with zero attached hydrogens (tertiary/aromatic N) is 1. The number of benzene rings is 2. The zero-order valence-electron chi connectivity index (χ0n) is 19.0. The Morgan fingerprint density at radius 1 is 1.23 bits per heavy atom. The van der Waals surface area contributed by atoms with Crippen LogP contribution in [0.5, 0.6) is 0 Å². The number of ether oxygens (including phenoxy) is 1. The molecule has 0 aliphatic heterocycles. The molecule has 0 saturated heterocycles. The van der Waals surface area contributed by atoms with Crippen LogP contribution in [0.1, 0.15) is 38.9 Å². The van der Waals surface area contributed by atoms with Crippen molar-refractivity contribution < 1.29 is 14.6 Å². The van der Waals surface area contributed by atoms with Crippen LogP contribution in [0.2, 0.25) is 5.02 Å². The Morgan fingerprint density at radius 3 is 2.74 bits per heavy atom. The zero-order valence-corrected chi connectivity index (χ0v) is 22.1. The van der Waals surface area contributed by atoms with E-state index >= 15 is 0 Å². The van der Waals surface area contributed by atoms with Gasteiger partial charge in [0.1, 0.15) is 10.4 Å². The number of hydrogen-bond acceptors (Lipinski definition) is 5. The van der Waals surface area contributed by atoms with E-state index in [2.05, 4.69) is 21.2 Å². The maximum absolute atomic E-state index is 13.0. The lowest BCUT2D eigenvalue weighted by Gasteiger charge is -2.11. The summed E-state index contributed by atoms with van der Waals surface area (Å²) in [5.74, 6) is -0.423. The van der Waals surface area contributed by atoms with Gasteiger partial charge in [0, 0.05) is 47.2 Å². The van der Waals surface area contributed by atoms with Gasteiger partial charge >= 0.3 is 0 Å². The number of thiophene rings is 1. The van der Waals surface area contributed by atoms with Crippen molar-refractivity contribution in [3.05, 3.63) is 102 Å². The van der Waals surface area contributed by atoms with Crippen molar-refractivity contribution in [2.24, 2.45) is 7.05 Å². The first-order chi connectivity index (χ1) is 16.8. The van der Waals surface area contributed by atoms with Gasteiger partial charge in [0.05, 0.1) is 18.1 Å². The van der Waals surface area contributed by atoms with E-state index in [1.807, 2.05) is 43.4 Å². The van der Waals surface area contributed by atoms with Crippen molar-refractivity contribution >= 4 is 55.0 Å². The minimum atomic E-state index is -0.616. The van der Waals surface area contributed by atoms with Gasteiger partial charge < -0.3 is 19.7 Å². The molecule has 4 rings (SSSR count). The number of carbonyl (C=O) groups excluding carboxylic acids is 1. The summed E-state index contributed by atoms with van der Waals surface area (Å²) in [5, 5.41) is 14.3. The number of nitrogens with one attached hydrogen (secondary N) is 1. The van der Waals surface area contributed by atoms with Crippen LogP contribution in [0.15, 0.2) is 70.1 Å². The summed E-state index contributed by atoms with van der Waals surface area (Å²) >= 11 is 10.8. The number of aromatic nitrogens is 1. The molecule has 2 aromatic carbocycles. The molecule has 9 heteroatoms. The topological polar surface area (TPSA) is 80.6 Å². The Bertz CT molecular complexity index is 1400. The van der Waals surface area contributed by atoms with Crippen LogP contribution in [0.3, 0.4) is 0 Å². The molecule has 6 nitrogen and oxygen atoms in total. The van der Waals surface area contributed by atoms with E-state index in [0.29, 0.717) is 36.6 Å². The molecule has 4 aromatic rings. The third kappa shape index (κ3) is 6.39. The van der Waals surface area contributed by atoms with Gasteiger partial charge in [0.15, 0.2) is 0 Å². The largest absolute Gasteiger partial charge is 0.388 e. The lowest BCUT2D eigenvalue weighted by molar-refractivity contribution is 0.0745. The Balaban J connectivity index is 1.39. The Morgan fingerprint density at radius 2 is 2.00 bits per heavy atom. The van der Waals surface area contributed by atoms with Gasteiger partial charge in [-0.2, -0.15) is 0 Å². The standard InChI is InChI=1S/C26H24BrClN2O4S/c1-30-14-22(25(33)29-13-16-5-7-19(28)8-6-16)24(32)21-12-20(35-26(21)30)15-34-10-9-23(31)17-3-2-4-18(27)11-17/h2-8,11-12,14,23,31H,9-10,13,15H2,1H3,(H,29,33). The van der Waals surface area contributed by atoms with Gasteiger partial charge in [-0.05, 0) is 41.5 Å². The third-order valence-corrected chi connectivity index (χ3v) is 7.46. The molecule has 0 aliphatic carbocycles. The monoisotopic (exact) mass is 574 g/mol. The Kier molecular flexibility index (Phi) is 8.41. The summed E-state index contributed by atoms with van der Waals surface area (Å²) in [6.45, 7) is 0.991. The van der Waals surface area contributed by atoms with Crippen molar-refractivity contribution in [1.82, 2.24) is 9.88 Å². The van der Waals surface area contributed by atoms with Crippen LogP contribution in [-0.2, 0) is 24.9 Å². The highest BCUT2D eigenvalue weighted by atomic mass is 79.9. The van der Waals surface area contributed by atoms with Crippen LogP contribution in [0.4, 0.5) is 0 Å². The Hall–Kier alpha value is -2.49. The number of aryl methyl sites for hydroxylation is 1. The molecule has 0 bridgehead atoms. The number of hydrogen-bond donors (Lipinski definition) is 2. The molecule has 182 valence electrons. The summed E-state index contributed by atoms with van der Waals surface area (Å²) in [4.78, 5) is 27.4. The molecule has 0 saturated carbocycles. The van der Waals surface area contributed by atoms with E-state index in [1.54, 1.807) is 29.0 Å². The average molecular weight is 576 g/mol. The molecule has 2 aromatic heterocycles. The predicted octanol–water partition coefficient (Wildman–Crippen LogP) is 5.59. The van der Waals surface area contributed by atoms with E-state index in [9.17, 15) is 14.7 Å². The molecule has 1 unspecified atom stereocenters. The first-order valence-electron chi connectivity index (χ1n) is 11.0.